The number of fused-ring (bicyclic) bond motifs is 1. The molecule has 0 bridgehead atoms. The van der Waals surface area contributed by atoms with E-state index in [1.54, 1.807) is 16.0 Å². The summed E-state index contributed by atoms with van der Waals surface area (Å²) >= 11 is 1.54. The van der Waals surface area contributed by atoms with Gasteiger partial charge in [0, 0.05) is 0 Å². The average Bonchev–Trinajstić information content (AvgIpc) is 3.46. The molecule has 136 valence electrons. The van der Waals surface area contributed by atoms with Crippen molar-refractivity contribution in [3.63, 3.8) is 0 Å². The van der Waals surface area contributed by atoms with Crippen molar-refractivity contribution in [2.75, 3.05) is 5.32 Å². The van der Waals surface area contributed by atoms with Crippen LogP contribution in [0.3, 0.4) is 0 Å². The van der Waals surface area contributed by atoms with E-state index in [0.29, 0.717) is 11.8 Å². The molecule has 5 aromatic rings. The zero-order valence-electron chi connectivity index (χ0n) is 14.5. The lowest BCUT2D eigenvalue weighted by Crippen LogP contribution is -2.15. The molecule has 0 radical (unpaired) electrons. The van der Waals surface area contributed by atoms with Gasteiger partial charge >= 0.3 is 0 Å². The molecule has 0 atom stereocenters. The van der Waals surface area contributed by atoms with Crippen molar-refractivity contribution in [2.45, 2.75) is 0 Å². The van der Waals surface area contributed by atoms with Crippen molar-refractivity contribution in [1.82, 2.24) is 24.7 Å². The number of imidazole rings is 1. The first kappa shape index (κ1) is 16.4. The van der Waals surface area contributed by atoms with Crippen LogP contribution in [-0.2, 0) is 0 Å². The Kier molecular flexibility index (Phi) is 3.95. The van der Waals surface area contributed by atoms with E-state index < -0.39 is 5.91 Å². The Hall–Kier alpha value is -3.78. The number of aromatic nitrogens is 5. The molecule has 2 N–H and O–H groups in total. The summed E-state index contributed by atoms with van der Waals surface area (Å²) in [5, 5.41) is 9.16. The second-order valence-corrected chi connectivity index (χ2v) is 6.99. The highest BCUT2D eigenvalue weighted by Gasteiger charge is 2.20. The SMILES string of the molecule is O=C(Nc1nc2ccccc2[nH]1)c1nc(-c2cccs2)n(-c2ccccc2)n1. The molecule has 1 amide bonds. The van der Waals surface area contributed by atoms with E-state index in [2.05, 4.69) is 25.4 Å². The highest BCUT2D eigenvalue weighted by molar-refractivity contribution is 7.13. The normalized spacial score (nSPS) is 11.0. The predicted molar refractivity (Wildman–Crippen MR) is 109 cm³/mol. The van der Waals surface area contributed by atoms with Gasteiger partial charge in [-0.05, 0) is 35.7 Å². The van der Waals surface area contributed by atoms with E-state index in [-0.39, 0.29) is 5.82 Å². The van der Waals surface area contributed by atoms with Crippen molar-refractivity contribution in [3.05, 3.63) is 77.9 Å². The number of hydrogen-bond acceptors (Lipinski definition) is 5. The van der Waals surface area contributed by atoms with Crippen molar-refractivity contribution >= 4 is 34.2 Å². The fourth-order valence-corrected chi connectivity index (χ4v) is 3.60. The Balaban J connectivity index is 1.52. The van der Waals surface area contributed by atoms with Gasteiger partial charge in [-0.2, -0.15) is 0 Å². The van der Waals surface area contributed by atoms with Gasteiger partial charge in [0.1, 0.15) is 0 Å². The maximum absolute atomic E-state index is 12.8. The van der Waals surface area contributed by atoms with Crippen molar-refractivity contribution < 1.29 is 4.79 Å². The summed E-state index contributed by atoms with van der Waals surface area (Å²) in [6, 6.07) is 21.1. The number of nitrogens with zero attached hydrogens (tertiary/aromatic N) is 4. The molecule has 0 unspecified atom stereocenters. The molecule has 3 aromatic heterocycles. The monoisotopic (exact) mass is 386 g/mol. The van der Waals surface area contributed by atoms with Crippen molar-refractivity contribution in [1.29, 1.82) is 0 Å². The van der Waals surface area contributed by atoms with E-state index in [1.165, 1.54) is 0 Å². The Morgan fingerprint density at radius 2 is 1.79 bits per heavy atom. The molecule has 0 saturated heterocycles. The Morgan fingerprint density at radius 3 is 2.57 bits per heavy atom. The molecular weight excluding hydrogens is 372 g/mol. The molecule has 28 heavy (non-hydrogen) atoms. The molecule has 0 spiro atoms. The van der Waals surface area contributed by atoms with Crippen LogP contribution in [0.1, 0.15) is 10.6 Å². The second-order valence-electron chi connectivity index (χ2n) is 6.04. The average molecular weight is 386 g/mol. The lowest BCUT2D eigenvalue weighted by Gasteiger charge is -2.03. The number of carbonyl (C=O) groups is 1. The van der Waals surface area contributed by atoms with E-state index in [4.69, 9.17) is 0 Å². The highest BCUT2D eigenvalue weighted by atomic mass is 32.1. The van der Waals surface area contributed by atoms with Gasteiger partial charge in [-0.25, -0.2) is 14.6 Å². The number of anilines is 1. The zero-order chi connectivity index (χ0) is 18.9. The molecule has 8 heteroatoms. The molecule has 0 aliphatic rings. The first-order chi connectivity index (χ1) is 13.8. The highest BCUT2D eigenvalue weighted by Crippen LogP contribution is 2.25. The van der Waals surface area contributed by atoms with E-state index in [0.717, 1.165) is 21.6 Å². The third kappa shape index (κ3) is 2.95. The minimum atomic E-state index is -0.424. The van der Waals surface area contributed by atoms with Crippen LogP contribution >= 0.6 is 11.3 Å². The largest absolute Gasteiger partial charge is 0.324 e. The minimum absolute atomic E-state index is 0.0766. The van der Waals surface area contributed by atoms with Gasteiger partial charge in [0.2, 0.25) is 11.8 Å². The molecule has 0 aliphatic heterocycles. The van der Waals surface area contributed by atoms with Crippen LogP contribution in [-0.4, -0.2) is 30.6 Å². The fraction of sp³-hybridized carbons (Fsp3) is 0. The predicted octanol–water partition coefficient (Wildman–Crippen LogP) is 4.12. The number of thiophene rings is 1. The molecule has 3 heterocycles. The molecule has 5 rings (SSSR count). The van der Waals surface area contributed by atoms with E-state index in [1.807, 2.05) is 72.1 Å². The van der Waals surface area contributed by atoms with Gasteiger partial charge in [-0.3, -0.25) is 10.1 Å². The summed E-state index contributed by atoms with van der Waals surface area (Å²) in [5.74, 6) is 0.634. The molecule has 0 fully saturated rings. The number of para-hydroxylation sites is 3. The fourth-order valence-electron chi connectivity index (χ4n) is 2.90. The van der Waals surface area contributed by atoms with Crippen LogP contribution in [0.25, 0.3) is 27.4 Å². The number of amides is 1. The van der Waals surface area contributed by atoms with Gasteiger partial charge in [0.25, 0.3) is 5.91 Å². The minimum Gasteiger partial charge on any atom is -0.324 e. The van der Waals surface area contributed by atoms with Gasteiger partial charge in [0.05, 0.1) is 21.6 Å². The lowest BCUT2D eigenvalue weighted by atomic mass is 10.3. The molecule has 0 aliphatic carbocycles. The van der Waals surface area contributed by atoms with Crippen molar-refractivity contribution in [2.24, 2.45) is 0 Å². The summed E-state index contributed by atoms with van der Waals surface area (Å²) in [5.41, 5.74) is 2.46. The number of benzene rings is 2. The van der Waals surface area contributed by atoms with E-state index >= 15 is 0 Å². The number of nitrogens with one attached hydrogen (secondary N) is 2. The molecule has 2 aromatic carbocycles. The number of H-pyrrole nitrogens is 1. The van der Waals surface area contributed by atoms with Crippen LogP contribution in [0.4, 0.5) is 5.95 Å². The third-order valence-corrected chi connectivity index (χ3v) is 5.04. The quantitative estimate of drug-likeness (QED) is 0.486. The van der Waals surface area contributed by atoms with Crippen molar-refractivity contribution in [3.8, 4) is 16.4 Å². The summed E-state index contributed by atoms with van der Waals surface area (Å²) in [6.07, 6.45) is 0. The first-order valence-electron chi connectivity index (χ1n) is 8.60. The Morgan fingerprint density at radius 1 is 0.964 bits per heavy atom. The van der Waals surface area contributed by atoms with Crippen LogP contribution in [0.15, 0.2) is 72.1 Å². The molecular formula is C20H14N6OS. The summed E-state index contributed by atoms with van der Waals surface area (Å²) < 4.78 is 1.68. The van der Waals surface area contributed by atoms with Crippen LogP contribution < -0.4 is 5.32 Å². The van der Waals surface area contributed by atoms with Gasteiger partial charge in [-0.1, -0.05) is 36.4 Å². The number of hydrogen-bond donors (Lipinski definition) is 2. The third-order valence-electron chi connectivity index (χ3n) is 4.17. The van der Waals surface area contributed by atoms with Crippen LogP contribution in [0.2, 0.25) is 0 Å². The number of carbonyl (C=O) groups excluding carboxylic acids is 1. The Bertz CT molecular complexity index is 1220. The standard InChI is InChI=1S/C20H14N6OS/c27-19(24-20-21-14-9-4-5-10-15(14)22-20)17-23-18(16-11-6-12-28-16)26(25-17)13-7-2-1-3-8-13/h1-12H,(H2,21,22,24,27). The lowest BCUT2D eigenvalue weighted by molar-refractivity contribution is 0.101. The summed E-state index contributed by atoms with van der Waals surface area (Å²) in [6.45, 7) is 0. The van der Waals surface area contributed by atoms with Crippen LogP contribution in [0.5, 0.6) is 0 Å². The van der Waals surface area contributed by atoms with Gasteiger partial charge < -0.3 is 4.98 Å². The summed E-state index contributed by atoms with van der Waals surface area (Å²) in [7, 11) is 0. The maximum atomic E-state index is 12.8. The smallest absolute Gasteiger partial charge is 0.297 e. The number of aromatic amines is 1. The van der Waals surface area contributed by atoms with Gasteiger partial charge in [-0.15, -0.1) is 16.4 Å². The molecule has 7 nitrogen and oxygen atoms in total. The zero-order valence-corrected chi connectivity index (χ0v) is 15.4. The maximum Gasteiger partial charge on any atom is 0.297 e. The van der Waals surface area contributed by atoms with Gasteiger partial charge in [0.15, 0.2) is 5.82 Å². The van der Waals surface area contributed by atoms with Crippen LogP contribution in [0, 0.1) is 0 Å². The van der Waals surface area contributed by atoms with E-state index in [9.17, 15) is 4.79 Å². The Labute approximate surface area is 163 Å². The topological polar surface area (TPSA) is 88.5 Å². The second kappa shape index (κ2) is 6.75. The first-order valence-corrected chi connectivity index (χ1v) is 9.48. The molecule has 0 saturated carbocycles. The summed E-state index contributed by atoms with van der Waals surface area (Å²) in [4.78, 5) is 25.6. The number of rotatable bonds is 4.